The third-order valence-corrected chi connectivity index (χ3v) is 3.62. The van der Waals surface area contributed by atoms with Crippen LogP contribution in [0.5, 0.6) is 0 Å². The van der Waals surface area contributed by atoms with Crippen LogP contribution in [0.1, 0.15) is 30.8 Å². The van der Waals surface area contributed by atoms with Crippen molar-refractivity contribution in [1.29, 1.82) is 5.26 Å². The third kappa shape index (κ3) is 2.32. The molecule has 1 N–H and O–H groups in total. The molecule has 0 spiro atoms. The van der Waals surface area contributed by atoms with Crippen molar-refractivity contribution < 1.29 is 0 Å². The molecule has 0 aliphatic heterocycles. The quantitative estimate of drug-likeness (QED) is 0.925. The van der Waals surface area contributed by atoms with Gasteiger partial charge in [-0.05, 0) is 19.4 Å². The maximum absolute atomic E-state index is 9.09. The van der Waals surface area contributed by atoms with E-state index in [-0.39, 0.29) is 5.92 Å². The molecule has 0 saturated carbocycles. The molecule has 92 valence electrons. The standard InChI is InChI=1S/C14H14BrN3/c1-3-10(8-16)14-17-9(2)13(18-14)11-6-4-5-7-12(11)15/h4-7,10H,3H2,1-2H3,(H,17,18). The van der Waals surface area contributed by atoms with Crippen molar-refractivity contribution in [2.45, 2.75) is 26.2 Å². The van der Waals surface area contributed by atoms with Crippen molar-refractivity contribution in [3.63, 3.8) is 0 Å². The van der Waals surface area contributed by atoms with Gasteiger partial charge in [0.15, 0.2) is 0 Å². The van der Waals surface area contributed by atoms with Crippen molar-refractivity contribution in [2.75, 3.05) is 0 Å². The monoisotopic (exact) mass is 303 g/mol. The van der Waals surface area contributed by atoms with Gasteiger partial charge in [0.25, 0.3) is 0 Å². The van der Waals surface area contributed by atoms with Crippen LogP contribution in [0.3, 0.4) is 0 Å². The van der Waals surface area contributed by atoms with E-state index in [1.807, 2.05) is 38.1 Å². The van der Waals surface area contributed by atoms with Crippen molar-refractivity contribution in [3.8, 4) is 17.3 Å². The Morgan fingerprint density at radius 3 is 2.78 bits per heavy atom. The minimum atomic E-state index is -0.167. The molecular formula is C14H14BrN3. The number of halogens is 1. The van der Waals surface area contributed by atoms with Crippen molar-refractivity contribution >= 4 is 15.9 Å². The van der Waals surface area contributed by atoms with Crippen molar-refractivity contribution in [2.24, 2.45) is 0 Å². The third-order valence-electron chi connectivity index (χ3n) is 2.93. The van der Waals surface area contributed by atoms with Gasteiger partial charge in [-0.3, -0.25) is 0 Å². The second-order valence-electron chi connectivity index (χ2n) is 4.17. The predicted molar refractivity (Wildman–Crippen MR) is 75.1 cm³/mol. The number of hydrogen-bond donors (Lipinski definition) is 1. The summed E-state index contributed by atoms with van der Waals surface area (Å²) in [4.78, 5) is 7.79. The van der Waals surface area contributed by atoms with Gasteiger partial charge in [-0.25, -0.2) is 4.98 Å². The average molecular weight is 304 g/mol. The molecule has 0 fully saturated rings. The smallest absolute Gasteiger partial charge is 0.124 e. The minimum Gasteiger partial charge on any atom is -0.344 e. The van der Waals surface area contributed by atoms with Gasteiger partial charge in [-0.2, -0.15) is 5.26 Å². The molecule has 0 radical (unpaired) electrons. The Morgan fingerprint density at radius 1 is 1.44 bits per heavy atom. The number of nitriles is 1. The number of nitrogens with one attached hydrogen (secondary N) is 1. The lowest BCUT2D eigenvalue weighted by Crippen LogP contribution is -1.96. The molecule has 0 saturated heterocycles. The number of aryl methyl sites for hydroxylation is 1. The molecule has 1 aromatic heterocycles. The highest BCUT2D eigenvalue weighted by molar-refractivity contribution is 9.10. The fraction of sp³-hybridized carbons (Fsp3) is 0.286. The zero-order chi connectivity index (χ0) is 13.1. The van der Waals surface area contributed by atoms with Gasteiger partial charge >= 0.3 is 0 Å². The second kappa shape index (κ2) is 5.36. The molecule has 0 aliphatic rings. The zero-order valence-electron chi connectivity index (χ0n) is 10.4. The highest BCUT2D eigenvalue weighted by Gasteiger charge is 2.16. The topological polar surface area (TPSA) is 52.5 Å². The first-order chi connectivity index (χ1) is 8.67. The number of benzene rings is 1. The number of H-pyrrole nitrogens is 1. The van der Waals surface area contributed by atoms with E-state index in [2.05, 4.69) is 32.0 Å². The van der Waals surface area contributed by atoms with Gasteiger partial charge in [0, 0.05) is 15.7 Å². The van der Waals surface area contributed by atoms with Crippen LogP contribution in [-0.2, 0) is 0 Å². The number of rotatable bonds is 3. The van der Waals surface area contributed by atoms with E-state index < -0.39 is 0 Å². The summed E-state index contributed by atoms with van der Waals surface area (Å²) in [7, 11) is 0. The molecule has 1 heterocycles. The average Bonchev–Trinajstić information content (AvgIpc) is 2.73. The molecule has 0 aliphatic carbocycles. The number of hydrogen-bond acceptors (Lipinski definition) is 2. The molecule has 1 atom stereocenters. The number of imidazole rings is 1. The second-order valence-corrected chi connectivity index (χ2v) is 5.02. The van der Waals surface area contributed by atoms with Gasteiger partial charge in [0.2, 0.25) is 0 Å². The van der Waals surface area contributed by atoms with E-state index in [1.54, 1.807) is 0 Å². The predicted octanol–water partition coefficient (Wildman–Crippen LogP) is 4.16. The number of aromatic nitrogens is 2. The van der Waals surface area contributed by atoms with Gasteiger partial charge in [0.05, 0.1) is 11.8 Å². The molecule has 18 heavy (non-hydrogen) atoms. The molecule has 4 heteroatoms. The Hall–Kier alpha value is -1.60. The summed E-state index contributed by atoms with van der Waals surface area (Å²) in [6, 6.07) is 10.2. The lowest BCUT2D eigenvalue weighted by molar-refractivity contribution is 0.764. The minimum absolute atomic E-state index is 0.167. The fourth-order valence-electron chi connectivity index (χ4n) is 1.91. The van der Waals surface area contributed by atoms with Crippen molar-refractivity contribution in [3.05, 3.63) is 40.3 Å². The maximum atomic E-state index is 9.09. The number of nitrogens with zero attached hydrogens (tertiary/aromatic N) is 2. The van der Waals surface area contributed by atoms with Crippen LogP contribution < -0.4 is 0 Å². The first-order valence-corrected chi connectivity index (χ1v) is 6.67. The first kappa shape index (κ1) is 12.8. The van der Waals surface area contributed by atoms with Gasteiger partial charge in [0.1, 0.15) is 11.7 Å². The van der Waals surface area contributed by atoms with Crippen LogP contribution in [0.4, 0.5) is 0 Å². The summed E-state index contributed by atoms with van der Waals surface area (Å²) < 4.78 is 1.01. The Labute approximate surface area is 115 Å². The summed E-state index contributed by atoms with van der Waals surface area (Å²) in [5.74, 6) is 0.586. The van der Waals surface area contributed by atoms with E-state index in [0.717, 1.165) is 33.7 Å². The van der Waals surface area contributed by atoms with E-state index in [0.29, 0.717) is 0 Å². The Balaban J connectivity index is 2.48. The molecule has 1 aromatic carbocycles. The highest BCUT2D eigenvalue weighted by atomic mass is 79.9. The summed E-state index contributed by atoms with van der Waals surface area (Å²) in [5.41, 5.74) is 2.95. The molecule has 0 bridgehead atoms. The zero-order valence-corrected chi connectivity index (χ0v) is 12.0. The Morgan fingerprint density at radius 2 is 2.17 bits per heavy atom. The maximum Gasteiger partial charge on any atom is 0.124 e. The normalized spacial score (nSPS) is 12.1. The summed E-state index contributed by atoms with van der Waals surface area (Å²) >= 11 is 3.53. The van der Waals surface area contributed by atoms with Crippen LogP contribution in [0.2, 0.25) is 0 Å². The van der Waals surface area contributed by atoms with E-state index >= 15 is 0 Å². The van der Waals surface area contributed by atoms with Crippen LogP contribution in [0, 0.1) is 18.3 Å². The lowest BCUT2D eigenvalue weighted by Gasteiger charge is -2.01. The molecule has 2 aromatic rings. The van der Waals surface area contributed by atoms with Crippen LogP contribution in [-0.4, -0.2) is 9.97 Å². The van der Waals surface area contributed by atoms with Gasteiger partial charge < -0.3 is 4.98 Å². The van der Waals surface area contributed by atoms with E-state index in [9.17, 15) is 0 Å². The summed E-state index contributed by atoms with van der Waals surface area (Å²) in [6.07, 6.45) is 0.763. The van der Waals surface area contributed by atoms with Crippen LogP contribution in [0.15, 0.2) is 28.7 Å². The summed E-state index contributed by atoms with van der Waals surface area (Å²) in [5, 5.41) is 9.09. The first-order valence-electron chi connectivity index (χ1n) is 5.88. The molecule has 0 amide bonds. The highest BCUT2D eigenvalue weighted by Crippen LogP contribution is 2.30. The van der Waals surface area contributed by atoms with Gasteiger partial charge in [-0.15, -0.1) is 0 Å². The van der Waals surface area contributed by atoms with E-state index in [1.165, 1.54) is 0 Å². The Kier molecular flexibility index (Phi) is 3.83. The van der Waals surface area contributed by atoms with Crippen molar-refractivity contribution in [1.82, 2.24) is 9.97 Å². The SMILES string of the molecule is CCC(C#N)c1nc(-c2ccccc2Br)c(C)[nH]1. The van der Waals surface area contributed by atoms with E-state index in [4.69, 9.17) is 5.26 Å². The Bertz CT molecular complexity index is 595. The summed E-state index contributed by atoms with van der Waals surface area (Å²) in [6.45, 7) is 3.97. The molecular weight excluding hydrogens is 290 g/mol. The number of aromatic amines is 1. The molecule has 3 nitrogen and oxygen atoms in total. The van der Waals surface area contributed by atoms with Crippen LogP contribution >= 0.6 is 15.9 Å². The van der Waals surface area contributed by atoms with Gasteiger partial charge in [-0.1, -0.05) is 41.1 Å². The largest absolute Gasteiger partial charge is 0.344 e. The fourth-order valence-corrected chi connectivity index (χ4v) is 2.38. The lowest BCUT2D eigenvalue weighted by atomic mass is 10.1. The van der Waals surface area contributed by atoms with Crippen LogP contribution in [0.25, 0.3) is 11.3 Å². The molecule has 1 unspecified atom stereocenters. The molecule has 2 rings (SSSR count).